The average molecular weight is 228 g/mol. The molecule has 0 radical (unpaired) electrons. The Morgan fingerprint density at radius 2 is 2.00 bits per heavy atom. The van der Waals surface area contributed by atoms with Gasteiger partial charge >= 0.3 is 6.09 Å². The van der Waals surface area contributed by atoms with Gasteiger partial charge < -0.3 is 14.5 Å². The van der Waals surface area contributed by atoms with Crippen LogP contribution in [0.1, 0.15) is 27.7 Å². The Hall–Kier alpha value is -0.770. The Balaban J connectivity index is 2.40. The summed E-state index contributed by atoms with van der Waals surface area (Å²) in [7, 11) is 4.12. The van der Waals surface area contributed by atoms with Crippen LogP contribution in [-0.4, -0.2) is 54.7 Å². The van der Waals surface area contributed by atoms with E-state index in [2.05, 4.69) is 25.9 Å². The van der Waals surface area contributed by atoms with Crippen molar-refractivity contribution in [3.63, 3.8) is 0 Å². The Morgan fingerprint density at radius 1 is 1.44 bits per heavy atom. The molecule has 1 aliphatic heterocycles. The summed E-state index contributed by atoms with van der Waals surface area (Å²) < 4.78 is 5.34. The molecule has 1 rings (SSSR count). The van der Waals surface area contributed by atoms with Gasteiger partial charge in [-0.2, -0.15) is 0 Å². The van der Waals surface area contributed by atoms with E-state index in [9.17, 15) is 4.79 Å². The number of hydrogen-bond acceptors (Lipinski definition) is 3. The van der Waals surface area contributed by atoms with E-state index < -0.39 is 5.60 Å². The highest BCUT2D eigenvalue weighted by atomic mass is 16.6. The molecule has 1 fully saturated rings. The van der Waals surface area contributed by atoms with Gasteiger partial charge in [0.05, 0.1) is 0 Å². The number of rotatable bonds is 2. The lowest BCUT2D eigenvalue weighted by Gasteiger charge is -2.47. The molecule has 1 heterocycles. The minimum atomic E-state index is -0.399. The topological polar surface area (TPSA) is 32.8 Å². The summed E-state index contributed by atoms with van der Waals surface area (Å²) >= 11 is 0. The molecule has 0 aliphatic carbocycles. The van der Waals surface area contributed by atoms with E-state index >= 15 is 0 Å². The molecule has 1 saturated heterocycles. The molecular weight excluding hydrogens is 204 g/mol. The molecular formula is C12H24N2O2. The zero-order valence-corrected chi connectivity index (χ0v) is 11.3. The molecule has 0 bridgehead atoms. The molecule has 0 spiro atoms. The number of nitrogens with zero attached hydrogens (tertiary/aromatic N) is 2. The molecule has 0 aromatic rings. The van der Waals surface area contributed by atoms with E-state index in [1.54, 1.807) is 4.90 Å². The Kier molecular flexibility index (Phi) is 3.84. The van der Waals surface area contributed by atoms with Gasteiger partial charge in [0.2, 0.25) is 0 Å². The lowest BCUT2D eigenvalue weighted by Crippen LogP contribution is -2.60. The molecule has 0 saturated carbocycles. The van der Waals surface area contributed by atoms with Gasteiger partial charge in [-0.15, -0.1) is 0 Å². The second-order valence-corrected chi connectivity index (χ2v) is 5.90. The number of carbonyl (C=O) groups is 1. The first kappa shape index (κ1) is 13.3. The molecule has 2 atom stereocenters. The van der Waals surface area contributed by atoms with Crippen LogP contribution >= 0.6 is 0 Å². The molecule has 2 unspecified atom stereocenters. The van der Waals surface area contributed by atoms with Crippen LogP contribution in [0.25, 0.3) is 0 Å². The second kappa shape index (κ2) is 4.62. The summed E-state index contributed by atoms with van der Waals surface area (Å²) in [5, 5.41) is 0. The third-order valence-corrected chi connectivity index (χ3v) is 2.83. The van der Waals surface area contributed by atoms with E-state index in [-0.39, 0.29) is 12.1 Å². The largest absolute Gasteiger partial charge is 0.444 e. The van der Waals surface area contributed by atoms with E-state index in [4.69, 9.17) is 4.74 Å². The van der Waals surface area contributed by atoms with E-state index in [0.717, 1.165) is 13.1 Å². The maximum Gasteiger partial charge on any atom is 0.410 e. The molecule has 1 aliphatic rings. The SMILES string of the molecule is CC1C(CN(C)C)CN1C(=O)OC(C)(C)C. The smallest absolute Gasteiger partial charge is 0.410 e. The first-order valence-corrected chi connectivity index (χ1v) is 5.85. The molecule has 4 heteroatoms. The number of likely N-dealkylation sites (tertiary alicyclic amines) is 1. The van der Waals surface area contributed by atoms with E-state index in [1.807, 2.05) is 20.8 Å². The molecule has 1 amide bonds. The Labute approximate surface area is 98.5 Å². The van der Waals surface area contributed by atoms with Crippen molar-refractivity contribution in [2.45, 2.75) is 39.3 Å². The summed E-state index contributed by atoms with van der Waals surface area (Å²) in [6, 6.07) is 0.289. The van der Waals surface area contributed by atoms with Gasteiger partial charge in [0, 0.05) is 25.0 Å². The van der Waals surface area contributed by atoms with Gasteiger partial charge in [-0.3, -0.25) is 0 Å². The molecule has 0 N–H and O–H groups in total. The minimum Gasteiger partial charge on any atom is -0.444 e. The van der Waals surface area contributed by atoms with Crippen LogP contribution in [-0.2, 0) is 4.74 Å². The first-order valence-electron chi connectivity index (χ1n) is 5.85. The lowest BCUT2D eigenvalue weighted by molar-refractivity contribution is -0.0296. The van der Waals surface area contributed by atoms with Gasteiger partial charge in [-0.25, -0.2) is 4.79 Å². The molecule has 0 aromatic heterocycles. The molecule has 94 valence electrons. The monoisotopic (exact) mass is 228 g/mol. The number of amides is 1. The van der Waals surface area contributed by atoms with Crippen molar-refractivity contribution in [3.8, 4) is 0 Å². The summed E-state index contributed by atoms with van der Waals surface area (Å²) in [6.45, 7) is 9.61. The highest BCUT2D eigenvalue weighted by molar-refractivity contribution is 5.69. The van der Waals surface area contributed by atoms with Gasteiger partial charge in [-0.1, -0.05) is 0 Å². The van der Waals surface area contributed by atoms with Gasteiger partial charge in [0.25, 0.3) is 0 Å². The zero-order valence-electron chi connectivity index (χ0n) is 11.3. The van der Waals surface area contributed by atoms with Crippen molar-refractivity contribution in [2.24, 2.45) is 5.92 Å². The van der Waals surface area contributed by atoms with Crippen molar-refractivity contribution in [1.29, 1.82) is 0 Å². The predicted molar refractivity (Wildman–Crippen MR) is 64.4 cm³/mol. The number of carbonyl (C=O) groups excluding carboxylic acids is 1. The highest BCUT2D eigenvalue weighted by Crippen LogP contribution is 2.27. The molecule has 0 aromatic carbocycles. The lowest BCUT2D eigenvalue weighted by atomic mass is 9.90. The number of ether oxygens (including phenoxy) is 1. The van der Waals surface area contributed by atoms with Crippen LogP contribution in [0.2, 0.25) is 0 Å². The Morgan fingerprint density at radius 3 is 2.38 bits per heavy atom. The minimum absolute atomic E-state index is 0.185. The van der Waals surface area contributed by atoms with Crippen LogP contribution in [0.5, 0.6) is 0 Å². The van der Waals surface area contributed by atoms with Crippen LogP contribution in [0, 0.1) is 5.92 Å². The summed E-state index contributed by atoms with van der Waals surface area (Å²) in [4.78, 5) is 15.7. The third kappa shape index (κ3) is 3.37. The molecule has 4 nitrogen and oxygen atoms in total. The van der Waals surface area contributed by atoms with Crippen molar-refractivity contribution in [1.82, 2.24) is 9.80 Å². The van der Waals surface area contributed by atoms with Crippen molar-refractivity contribution in [2.75, 3.05) is 27.2 Å². The first-order chi connectivity index (χ1) is 7.20. The predicted octanol–water partition coefficient (Wildman–Crippen LogP) is 1.80. The number of hydrogen-bond donors (Lipinski definition) is 0. The highest BCUT2D eigenvalue weighted by Gasteiger charge is 2.40. The summed E-state index contributed by atoms with van der Waals surface area (Å²) in [5.41, 5.74) is -0.399. The summed E-state index contributed by atoms with van der Waals surface area (Å²) in [6.07, 6.45) is -0.185. The van der Waals surface area contributed by atoms with E-state index in [1.165, 1.54) is 0 Å². The van der Waals surface area contributed by atoms with Gasteiger partial charge in [0.1, 0.15) is 5.60 Å². The fraction of sp³-hybridized carbons (Fsp3) is 0.917. The average Bonchev–Trinajstić information content (AvgIpc) is 2.07. The maximum atomic E-state index is 11.8. The van der Waals surface area contributed by atoms with Crippen molar-refractivity contribution < 1.29 is 9.53 Å². The quantitative estimate of drug-likeness (QED) is 0.722. The second-order valence-electron chi connectivity index (χ2n) is 5.90. The third-order valence-electron chi connectivity index (χ3n) is 2.83. The van der Waals surface area contributed by atoms with Crippen LogP contribution < -0.4 is 0 Å². The van der Waals surface area contributed by atoms with Crippen LogP contribution in [0.3, 0.4) is 0 Å². The Bertz CT molecular complexity index is 258. The van der Waals surface area contributed by atoms with Gasteiger partial charge in [0.15, 0.2) is 0 Å². The van der Waals surface area contributed by atoms with Gasteiger partial charge in [-0.05, 0) is 41.8 Å². The van der Waals surface area contributed by atoms with Crippen LogP contribution in [0.15, 0.2) is 0 Å². The normalized spacial score (nSPS) is 25.6. The standard InChI is InChI=1S/C12H24N2O2/c1-9-10(7-13(5)6)8-14(9)11(15)16-12(2,3)4/h9-10H,7-8H2,1-6H3. The zero-order chi connectivity index (χ0) is 12.5. The van der Waals surface area contributed by atoms with E-state index in [0.29, 0.717) is 5.92 Å². The maximum absolute atomic E-state index is 11.8. The van der Waals surface area contributed by atoms with Crippen molar-refractivity contribution >= 4 is 6.09 Å². The van der Waals surface area contributed by atoms with Crippen LogP contribution in [0.4, 0.5) is 4.79 Å². The molecule has 16 heavy (non-hydrogen) atoms. The summed E-state index contributed by atoms with van der Waals surface area (Å²) in [5.74, 6) is 0.572. The fourth-order valence-electron chi connectivity index (χ4n) is 1.93. The fourth-order valence-corrected chi connectivity index (χ4v) is 1.93. The van der Waals surface area contributed by atoms with Crippen molar-refractivity contribution in [3.05, 3.63) is 0 Å².